The maximum atomic E-state index is 12.2. The fourth-order valence-corrected chi connectivity index (χ4v) is 2.95. The lowest BCUT2D eigenvalue weighted by Gasteiger charge is -2.04. The highest BCUT2D eigenvalue weighted by atomic mass is 32.1. The van der Waals surface area contributed by atoms with E-state index in [4.69, 9.17) is 11.1 Å². The Kier molecular flexibility index (Phi) is 3.41. The first-order valence-electron chi connectivity index (χ1n) is 6.38. The predicted molar refractivity (Wildman–Crippen MR) is 87.2 cm³/mol. The lowest BCUT2D eigenvalue weighted by atomic mass is 10.1. The second-order valence-electron chi connectivity index (χ2n) is 4.60. The van der Waals surface area contributed by atoms with E-state index in [1.165, 1.54) is 11.3 Å². The van der Waals surface area contributed by atoms with Gasteiger partial charge in [0.15, 0.2) is 0 Å². The number of hydrogen-bond donors (Lipinski definition) is 3. The fourth-order valence-electron chi connectivity index (χ4n) is 2.04. The maximum Gasteiger partial charge on any atom is 0.255 e. The van der Waals surface area contributed by atoms with E-state index < -0.39 is 0 Å². The summed E-state index contributed by atoms with van der Waals surface area (Å²) >= 11 is 1.45. The molecule has 0 bridgehead atoms. The number of thiophene rings is 1. The first kappa shape index (κ1) is 13.3. The molecule has 0 saturated carbocycles. The van der Waals surface area contributed by atoms with Crippen molar-refractivity contribution in [2.75, 3.05) is 5.32 Å². The van der Waals surface area contributed by atoms with E-state index in [-0.39, 0.29) is 11.7 Å². The van der Waals surface area contributed by atoms with Crippen LogP contribution in [0.15, 0.2) is 54.6 Å². The maximum absolute atomic E-state index is 12.2. The molecule has 0 aliphatic carbocycles. The minimum Gasteiger partial charge on any atom is -0.383 e. The number of fused-ring (bicyclic) bond motifs is 1. The van der Waals surface area contributed by atoms with Gasteiger partial charge in [-0.25, -0.2) is 0 Å². The van der Waals surface area contributed by atoms with Crippen molar-refractivity contribution in [2.45, 2.75) is 0 Å². The van der Waals surface area contributed by atoms with Gasteiger partial charge in [0.05, 0.1) is 4.88 Å². The van der Waals surface area contributed by atoms with Crippen LogP contribution in [0.5, 0.6) is 0 Å². The third kappa shape index (κ3) is 2.78. The zero-order valence-corrected chi connectivity index (χ0v) is 11.9. The van der Waals surface area contributed by atoms with Gasteiger partial charge in [0.25, 0.3) is 5.91 Å². The van der Waals surface area contributed by atoms with Crippen LogP contribution in [0.1, 0.15) is 15.2 Å². The highest BCUT2D eigenvalue weighted by Crippen LogP contribution is 2.26. The Labute approximate surface area is 125 Å². The summed E-state index contributed by atoms with van der Waals surface area (Å²) in [4.78, 5) is 12.9. The van der Waals surface area contributed by atoms with Gasteiger partial charge in [0, 0.05) is 16.0 Å². The van der Waals surface area contributed by atoms with E-state index in [1.807, 2.05) is 48.5 Å². The van der Waals surface area contributed by atoms with E-state index in [0.717, 1.165) is 15.8 Å². The summed E-state index contributed by atoms with van der Waals surface area (Å²) in [6.07, 6.45) is 0. The van der Waals surface area contributed by atoms with Crippen LogP contribution in [-0.2, 0) is 0 Å². The van der Waals surface area contributed by atoms with Crippen LogP contribution in [0.25, 0.3) is 10.1 Å². The van der Waals surface area contributed by atoms with Crippen molar-refractivity contribution in [3.05, 3.63) is 65.0 Å². The molecule has 4 N–H and O–H groups in total. The predicted octanol–water partition coefficient (Wildman–Crippen LogP) is 3.44. The second kappa shape index (κ2) is 5.38. The molecule has 1 amide bonds. The number of anilines is 1. The summed E-state index contributed by atoms with van der Waals surface area (Å²) in [7, 11) is 0. The SMILES string of the molecule is N=C(N)c1cc2cc(C(=O)Nc3ccccc3)ccc2s1. The van der Waals surface area contributed by atoms with Gasteiger partial charge in [-0.3, -0.25) is 10.2 Å². The van der Waals surface area contributed by atoms with E-state index in [2.05, 4.69) is 5.32 Å². The number of carbonyl (C=O) groups excluding carboxylic acids is 1. The molecule has 1 heterocycles. The number of nitrogen functional groups attached to an aromatic ring is 1. The van der Waals surface area contributed by atoms with Crippen molar-refractivity contribution in [3.8, 4) is 0 Å². The molecule has 1 aromatic heterocycles. The number of rotatable bonds is 3. The summed E-state index contributed by atoms with van der Waals surface area (Å²) < 4.78 is 1.01. The van der Waals surface area contributed by atoms with E-state index in [9.17, 15) is 4.79 Å². The molecule has 0 fully saturated rings. The molecule has 0 spiro atoms. The number of benzene rings is 2. The van der Waals surface area contributed by atoms with Gasteiger partial charge in [-0.2, -0.15) is 0 Å². The number of amides is 1. The molecule has 0 aliphatic heterocycles. The molecule has 0 radical (unpaired) electrons. The summed E-state index contributed by atoms with van der Waals surface area (Å²) in [6, 6.07) is 16.6. The lowest BCUT2D eigenvalue weighted by Crippen LogP contribution is -2.11. The minimum absolute atomic E-state index is 0.0477. The molecule has 5 heteroatoms. The molecule has 104 valence electrons. The number of hydrogen-bond acceptors (Lipinski definition) is 3. The van der Waals surface area contributed by atoms with Gasteiger partial charge in [-0.1, -0.05) is 18.2 Å². The first-order valence-corrected chi connectivity index (χ1v) is 7.19. The zero-order chi connectivity index (χ0) is 14.8. The Hall–Kier alpha value is -2.66. The van der Waals surface area contributed by atoms with Gasteiger partial charge < -0.3 is 11.1 Å². The van der Waals surface area contributed by atoms with Gasteiger partial charge in [0.2, 0.25) is 0 Å². The average molecular weight is 295 g/mol. The highest BCUT2D eigenvalue weighted by molar-refractivity contribution is 7.20. The normalized spacial score (nSPS) is 10.5. The number of para-hydroxylation sites is 1. The monoisotopic (exact) mass is 295 g/mol. The summed E-state index contributed by atoms with van der Waals surface area (Å²) in [6.45, 7) is 0. The first-order chi connectivity index (χ1) is 10.1. The van der Waals surface area contributed by atoms with Crippen LogP contribution in [-0.4, -0.2) is 11.7 Å². The average Bonchev–Trinajstić information content (AvgIpc) is 2.91. The minimum atomic E-state index is -0.154. The molecule has 21 heavy (non-hydrogen) atoms. The molecule has 0 atom stereocenters. The number of nitrogens with two attached hydrogens (primary N) is 1. The molecule has 0 saturated heterocycles. The Morgan fingerprint density at radius 1 is 1.10 bits per heavy atom. The van der Waals surface area contributed by atoms with E-state index >= 15 is 0 Å². The Morgan fingerprint density at radius 2 is 1.86 bits per heavy atom. The van der Waals surface area contributed by atoms with Gasteiger partial charge >= 0.3 is 0 Å². The van der Waals surface area contributed by atoms with Crippen molar-refractivity contribution in [2.24, 2.45) is 5.73 Å². The van der Waals surface area contributed by atoms with Crippen LogP contribution in [0.4, 0.5) is 5.69 Å². The van der Waals surface area contributed by atoms with Crippen LogP contribution >= 0.6 is 11.3 Å². The highest BCUT2D eigenvalue weighted by Gasteiger charge is 2.09. The van der Waals surface area contributed by atoms with Crippen molar-refractivity contribution < 1.29 is 4.79 Å². The fraction of sp³-hybridized carbons (Fsp3) is 0. The van der Waals surface area contributed by atoms with Gasteiger partial charge in [-0.05, 0) is 41.8 Å². The second-order valence-corrected chi connectivity index (χ2v) is 5.68. The molecule has 0 aliphatic rings. The summed E-state index contributed by atoms with van der Waals surface area (Å²) in [5, 5.41) is 11.2. The number of amidine groups is 1. The van der Waals surface area contributed by atoms with Crippen LogP contribution in [0, 0.1) is 5.41 Å². The Balaban J connectivity index is 1.90. The number of nitrogens with one attached hydrogen (secondary N) is 2. The standard InChI is InChI=1S/C16H13N3OS/c17-15(18)14-9-11-8-10(6-7-13(11)21-14)16(20)19-12-4-2-1-3-5-12/h1-9H,(H3,17,18)(H,19,20). The van der Waals surface area contributed by atoms with E-state index in [1.54, 1.807) is 6.07 Å². The van der Waals surface area contributed by atoms with Crippen molar-refractivity contribution in [1.82, 2.24) is 0 Å². The number of carbonyl (C=O) groups is 1. The molecule has 3 aromatic rings. The van der Waals surface area contributed by atoms with Gasteiger partial charge in [0.1, 0.15) is 5.84 Å². The smallest absolute Gasteiger partial charge is 0.255 e. The summed E-state index contributed by atoms with van der Waals surface area (Å²) in [5.41, 5.74) is 6.84. The zero-order valence-electron chi connectivity index (χ0n) is 11.1. The van der Waals surface area contributed by atoms with Crippen molar-refractivity contribution in [1.29, 1.82) is 5.41 Å². The third-order valence-corrected chi connectivity index (χ3v) is 4.22. The third-order valence-electron chi connectivity index (χ3n) is 3.08. The molecule has 2 aromatic carbocycles. The molecule has 4 nitrogen and oxygen atoms in total. The molecule has 0 unspecified atom stereocenters. The largest absolute Gasteiger partial charge is 0.383 e. The molecule has 3 rings (SSSR count). The van der Waals surface area contributed by atoms with Crippen LogP contribution in [0.3, 0.4) is 0 Å². The molecular formula is C16H13N3OS. The topological polar surface area (TPSA) is 79.0 Å². The van der Waals surface area contributed by atoms with Gasteiger partial charge in [-0.15, -0.1) is 11.3 Å². The molecular weight excluding hydrogens is 282 g/mol. The van der Waals surface area contributed by atoms with Crippen molar-refractivity contribution >= 4 is 38.9 Å². The van der Waals surface area contributed by atoms with E-state index in [0.29, 0.717) is 10.4 Å². The lowest BCUT2D eigenvalue weighted by molar-refractivity contribution is 0.102. The quantitative estimate of drug-likeness (QED) is 0.511. The Bertz CT molecular complexity index is 824. The summed E-state index contributed by atoms with van der Waals surface area (Å²) in [5.74, 6) is -0.106. The van der Waals surface area contributed by atoms with Crippen molar-refractivity contribution in [3.63, 3.8) is 0 Å². The Morgan fingerprint density at radius 3 is 2.57 bits per heavy atom. The van der Waals surface area contributed by atoms with Crippen LogP contribution in [0.2, 0.25) is 0 Å². The van der Waals surface area contributed by atoms with Crippen LogP contribution < -0.4 is 11.1 Å².